The van der Waals surface area contributed by atoms with Crippen molar-refractivity contribution in [1.82, 2.24) is 9.55 Å². The zero-order valence-electron chi connectivity index (χ0n) is 14.9. The fraction of sp³-hybridized carbons (Fsp3) is 0.273. The summed E-state index contributed by atoms with van der Waals surface area (Å²) >= 11 is 0. The summed E-state index contributed by atoms with van der Waals surface area (Å²) in [6, 6.07) is 11.8. The third kappa shape index (κ3) is 3.15. The SMILES string of the molecule is COC(=O)c1ccc(Cn2ccc3c(C4=CCCCC4)ccnc32)cc1. The van der Waals surface area contributed by atoms with Gasteiger partial charge in [0, 0.05) is 24.3 Å². The molecule has 26 heavy (non-hydrogen) atoms. The summed E-state index contributed by atoms with van der Waals surface area (Å²) in [5.74, 6) is -0.310. The van der Waals surface area contributed by atoms with Crippen molar-refractivity contribution in [2.45, 2.75) is 32.2 Å². The number of hydrogen-bond acceptors (Lipinski definition) is 3. The molecule has 0 radical (unpaired) electrons. The largest absolute Gasteiger partial charge is 0.465 e. The minimum absolute atomic E-state index is 0.310. The van der Waals surface area contributed by atoms with Crippen LogP contribution in [0, 0.1) is 0 Å². The van der Waals surface area contributed by atoms with E-state index in [2.05, 4.69) is 34.0 Å². The Bertz CT molecular complexity index is 967. The predicted molar refractivity (Wildman–Crippen MR) is 103 cm³/mol. The minimum Gasteiger partial charge on any atom is -0.465 e. The number of rotatable bonds is 4. The molecule has 0 N–H and O–H groups in total. The summed E-state index contributed by atoms with van der Waals surface area (Å²) in [4.78, 5) is 16.2. The van der Waals surface area contributed by atoms with E-state index < -0.39 is 0 Å². The molecule has 4 nitrogen and oxygen atoms in total. The Balaban J connectivity index is 1.63. The first-order chi connectivity index (χ1) is 12.8. The molecule has 3 aromatic rings. The number of methoxy groups -OCH3 is 1. The number of aromatic nitrogens is 2. The number of fused-ring (bicyclic) bond motifs is 1. The number of allylic oxidation sites excluding steroid dienone is 2. The van der Waals surface area contributed by atoms with Gasteiger partial charge in [-0.1, -0.05) is 18.2 Å². The Labute approximate surface area is 153 Å². The molecule has 0 spiro atoms. The van der Waals surface area contributed by atoms with Crippen LogP contribution in [0.25, 0.3) is 16.6 Å². The number of pyridine rings is 1. The highest BCUT2D eigenvalue weighted by molar-refractivity contribution is 5.91. The van der Waals surface area contributed by atoms with Crippen LogP contribution in [-0.2, 0) is 11.3 Å². The van der Waals surface area contributed by atoms with Crippen molar-refractivity contribution >= 4 is 22.6 Å². The number of ether oxygens (including phenoxy) is 1. The van der Waals surface area contributed by atoms with E-state index >= 15 is 0 Å². The number of esters is 1. The van der Waals surface area contributed by atoms with Gasteiger partial charge in [0.15, 0.2) is 0 Å². The lowest BCUT2D eigenvalue weighted by molar-refractivity contribution is 0.0600. The molecule has 0 amide bonds. The van der Waals surface area contributed by atoms with Crippen LogP contribution >= 0.6 is 0 Å². The summed E-state index contributed by atoms with van der Waals surface area (Å²) in [7, 11) is 1.40. The average molecular weight is 346 g/mol. The second-order valence-electron chi connectivity index (χ2n) is 6.70. The van der Waals surface area contributed by atoms with Gasteiger partial charge in [0.2, 0.25) is 0 Å². The van der Waals surface area contributed by atoms with E-state index in [4.69, 9.17) is 4.74 Å². The lowest BCUT2D eigenvalue weighted by atomic mass is 9.93. The lowest BCUT2D eigenvalue weighted by Gasteiger charge is -2.14. The molecule has 1 aliphatic carbocycles. The van der Waals surface area contributed by atoms with Gasteiger partial charge in [0.1, 0.15) is 5.65 Å². The Morgan fingerprint density at radius 2 is 2.00 bits per heavy atom. The van der Waals surface area contributed by atoms with Crippen LogP contribution in [0.5, 0.6) is 0 Å². The molecule has 132 valence electrons. The molecule has 1 aromatic carbocycles. The van der Waals surface area contributed by atoms with Crippen LogP contribution in [0.2, 0.25) is 0 Å². The van der Waals surface area contributed by atoms with Crippen molar-refractivity contribution in [3.8, 4) is 0 Å². The van der Waals surface area contributed by atoms with E-state index in [1.54, 1.807) is 12.1 Å². The Morgan fingerprint density at radius 1 is 1.15 bits per heavy atom. The van der Waals surface area contributed by atoms with Gasteiger partial charge in [-0.3, -0.25) is 0 Å². The van der Waals surface area contributed by atoms with E-state index in [0.717, 1.165) is 24.2 Å². The fourth-order valence-corrected chi connectivity index (χ4v) is 3.64. The van der Waals surface area contributed by atoms with E-state index in [-0.39, 0.29) is 5.97 Å². The molecular weight excluding hydrogens is 324 g/mol. The lowest BCUT2D eigenvalue weighted by Crippen LogP contribution is -2.03. The van der Waals surface area contributed by atoms with Gasteiger partial charge in [0.25, 0.3) is 0 Å². The summed E-state index contributed by atoms with van der Waals surface area (Å²) < 4.78 is 6.91. The molecule has 0 saturated heterocycles. The standard InChI is InChI=1S/C22H22N2O2/c1-26-22(25)18-9-7-16(8-10-18)15-24-14-12-20-19(11-13-23-21(20)24)17-5-3-2-4-6-17/h5,7-14H,2-4,6,15H2,1H3. The number of nitrogens with zero attached hydrogens (tertiary/aromatic N) is 2. The quantitative estimate of drug-likeness (QED) is 0.636. The maximum atomic E-state index is 11.6. The smallest absolute Gasteiger partial charge is 0.337 e. The Kier molecular flexibility index (Phi) is 4.57. The Hall–Kier alpha value is -2.88. The number of hydrogen-bond donors (Lipinski definition) is 0. The van der Waals surface area contributed by atoms with Crippen molar-refractivity contribution < 1.29 is 9.53 Å². The molecule has 4 rings (SSSR count). The van der Waals surface area contributed by atoms with Crippen LogP contribution in [-0.4, -0.2) is 22.6 Å². The first-order valence-corrected chi connectivity index (χ1v) is 9.07. The molecule has 0 bridgehead atoms. The van der Waals surface area contributed by atoms with Crippen LogP contribution in [0.4, 0.5) is 0 Å². The molecule has 0 atom stereocenters. The molecule has 0 fully saturated rings. The third-order valence-corrected chi connectivity index (χ3v) is 5.03. The van der Waals surface area contributed by atoms with E-state index in [0.29, 0.717) is 5.56 Å². The first kappa shape index (κ1) is 16.6. The molecule has 0 unspecified atom stereocenters. The third-order valence-electron chi connectivity index (χ3n) is 5.03. The van der Waals surface area contributed by atoms with Gasteiger partial charge >= 0.3 is 5.97 Å². The minimum atomic E-state index is -0.310. The van der Waals surface area contributed by atoms with Crippen molar-refractivity contribution in [3.63, 3.8) is 0 Å². The second-order valence-corrected chi connectivity index (χ2v) is 6.70. The van der Waals surface area contributed by atoms with E-state index in [1.807, 2.05) is 18.3 Å². The van der Waals surface area contributed by atoms with Gasteiger partial charge in [-0.25, -0.2) is 9.78 Å². The molecular formula is C22H22N2O2. The highest BCUT2D eigenvalue weighted by Gasteiger charge is 2.13. The topological polar surface area (TPSA) is 44.1 Å². The van der Waals surface area contributed by atoms with Crippen LogP contribution in [0.15, 0.2) is 54.9 Å². The summed E-state index contributed by atoms with van der Waals surface area (Å²) in [6.45, 7) is 0.723. The number of benzene rings is 1. The molecule has 0 aliphatic heterocycles. The van der Waals surface area contributed by atoms with Crippen molar-refractivity contribution in [1.29, 1.82) is 0 Å². The van der Waals surface area contributed by atoms with Crippen LogP contribution in [0.3, 0.4) is 0 Å². The summed E-state index contributed by atoms with van der Waals surface area (Å²) in [5.41, 5.74) is 5.46. The van der Waals surface area contributed by atoms with Crippen molar-refractivity contribution in [3.05, 3.63) is 71.6 Å². The van der Waals surface area contributed by atoms with Crippen LogP contribution in [0.1, 0.15) is 47.2 Å². The zero-order valence-corrected chi connectivity index (χ0v) is 14.9. The molecule has 1 aliphatic rings. The van der Waals surface area contributed by atoms with E-state index in [1.165, 1.54) is 42.9 Å². The highest BCUT2D eigenvalue weighted by Crippen LogP contribution is 2.31. The van der Waals surface area contributed by atoms with E-state index in [9.17, 15) is 4.79 Å². The maximum absolute atomic E-state index is 11.6. The van der Waals surface area contributed by atoms with Gasteiger partial charge in [-0.2, -0.15) is 0 Å². The maximum Gasteiger partial charge on any atom is 0.337 e. The normalized spacial score (nSPS) is 14.3. The molecule has 2 aromatic heterocycles. The fourth-order valence-electron chi connectivity index (χ4n) is 3.64. The second kappa shape index (κ2) is 7.16. The summed E-state index contributed by atoms with van der Waals surface area (Å²) in [6.07, 6.45) is 11.3. The van der Waals surface area contributed by atoms with Crippen molar-refractivity contribution in [2.75, 3.05) is 7.11 Å². The van der Waals surface area contributed by atoms with Gasteiger partial charge in [0.05, 0.1) is 12.7 Å². The predicted octanol–water partition coefficient (Wildman–Crippen LogP) is 4.83. The number of carbonyl (C=O) groups is 1. The first-order valence-electron chi connectivity index (χ1n) is 9.07. The van der Waals surface area contributed by atoms with Crippen LogP contribution < -0.4 is 0 Å². The highest BCUT2D eigenvalue weighted by atomic mass is 16.5. The molecule has 2 heterocycles. The Morgan fingerprint density at radius 3 is 2.73 bits per heavy atom. The van der Waals surface area contributed by atoms with Gasteiger partial charge in [-0.15, -0.1) is 0 Å². The zero-order chi connectivity index (χ0) is 17.9. The summed E-state index contributed by atoms with van der Waals surface area (Å²) in [5, 5.41) is 1.21. The van der Waals surface area contributed by atoms with Gasteiger partial charge < -0.3 is 9.30 Å². The van der Waals surface area contributed by atoms with Crippen molar-refractivity contribution in [2.24, 2.45) is 0 Å². The number of carbonyl (C=O) groups excluding carboxylic acids is 1. The molecule has 0 saturated carbocycles. The molecule has 4 heteroatoms. The average Bonchev–Trinajstić information content (AvgIpc) is 3.11. The van der Waals surface area contributed by atoms with Gasteiger partial charge in [-0.05, 0) is 66.6 Å². The monoisotopic (exact) mass is 346 g/mol.